The van der Waals surface area contributed by atoms with Crippen LogP contribution in [0.25, 0.3) is 0 Å². The van der Waals surface area contributed by atoms with Crippen LogP contribution >= 0.6 is 11.6 Å². The van der Waals surface area contributed by atoms with Crippen LogP contribution in [0.5, 0.6) is 11.5 Å². The van der Waals surface area contributed by atoms with Crippen LogP contribution in [0.2, 0.25) is 5.02 Å². The van der Waals surface area contributed by atoms with E-state index >= 15 is 0 Å². The molecular weight excluding hydrogens is 334 g/mol. The van der Waals surface area contributed by atoms with Crippen LogP contribution < -0.4 is 9.47 Å². The number of aliphatic hydroxyl groups is 1. The van der Waals surface area contributed by atoms with Crippen LogP contribution in [0, 0.1) is 5.92 Å². The average Bonchev–Trinajstić information content (AvgIpc) is 2.55. The Bertz CT molecular complexity index is 580. The summed E-state index contributed by atoms with van der Waals surface area (Å²) in [6.45, 7) is 3.98. The van der Waals surface area contributed by atoms with E-state index in [4.69, 9.17) is 21.1 Å². The Morgan fingerprint density at radius 3 is 2.83 bits per heavy atom. The van der Waals surface area contributed by atoms with Gasteiger partial charge in [-0.1, -0.05) is 18.5 Å². The van der Waals surface area contributed by atoms with Crippen molar-refractivity contribution >= 4 is 17.6 Å². The number of rotatable bonds is 7. The number of benzene rings is 1. The minimum atomic E-state index is -0.974. The molecule has 0 amide bonds. The topological polar surface area (TPSA) is 79.2 Å². The maximum Gasteiger partial charge on any atom is 0.310 e. The quantitative estimate of drug-likeness (QED) is 0.780. The molecule has 1 aromatic carbocycles. The van der Waals surface area contributed by atoms with E-state index in [1.807, 2.05) is 17.9 Å². The Kier molecular flexibility index (Phi) is 6.71. The highest BCUT2D eigenvalue weighted by Gasteiger charge is 2.33. The lowest BCUT2D eigenvalue weighted by Gasteiger charge is -2.34. The van der Waals surface area contributed by atoms with Gasteiger partial charge in [-0.15, -0.1) is 0 Å². The number of aliphatic hydroxyl groups excluding tert-OH is 1. The van der Waals surface area contributed by atoms with Gasteiger partial charge in [0.05, 0.1) is 25.7 Å². The fourth-order valence-electron chi connectivity index (χ4n) is 2.89. The summed E-state index contributed by atoms with van der Waals surface area (Å²) in [6.07, 6.45) is 0.491. The van der Waals surface area contributed by atoms with Gasteiger partial charge in [-0.05, 0) is 18.9 Å². The molecule has 0 aromatic heterocycles. The normalized spacial score (nSPS) is 21.5. The molecule has 1 heterocycles. The standard InChI is InChI=1S/C17H24ClNO5/c1-3-6-24-16-11(7-12(18)8-15(16)23-2)9-19-5-4-14(20)13(10-19)17(21)22/h7-8,13-14,20H,3-6,9-10H2,1-2H3,(H,21,22)/t13-,14-/m0/s1. The number of aliphatic carboxylic acids is 1. The van der Waals surface area contributed by atoms with E-state index in [2.05, 4.69) is 0 Å². The molecule has 2 N–H and O–H groups in total. The molecule has 1 fully saturated rings. The molecule has 6 nitrogen and oxygen atoms in total. The molecule has 0 bridgehead atoms. The number of carboxylic acid groups (broad SMARTS) is 1. The number of piperidine rings is 1. The second kappa shape index (κ2) is 8.55. The second-order valence-corrected chi connectivity index (χ2v) is 6.42. The van der Waals surface area contributed by atoms with Crippen molar-refractivity contribution < 1.29 is 24.5 Å². The van der Waals surface area contributed by atoms with Crippen molar-refractivity contribution in [1.82, 2.24) is 4.90 Å². The van der Waals surface area contributed by atoms with Crippen molar-refractivity contribution in [2.24, 2.45) is 5.92 Å². The first-order chi connectivity index (χ1) is 11.5. The summed E-state index contributed by atoms with van der Waals surface area (Å²) < 4.78 is 11.2. The molecule has 0 unspecified atom stereocenters. The van der Waals surface area contributed by atoms with Gasteiger partial charge >= 0.3 is 5.97 Å². The zero-order chi connectivity index (χ0) is 17.7. The van der Waals surface area contributed by atoms with Crippen molar-refractivity contribution in [3.63, 3.8) is 0 Å². The Hall–Kier alpha value is -1.50. The van der Waals surface area contributed by atoms with Crippen LogP contribution in [0.4, 0.5) is 0 Å². The number of ether oxygens (including phenoxy) is 2. The Morgan fingerprint density at radius 1 is 1.46 bits per heavy atom. The SMILES string of the molecule is CCCOc1c(CN2CC[C@H](O)[C@@H](C(=O)O)C2)cc(Cl)cc1OC. The van der Waals surface area contributed by atoms with Crippen LogP contribution in [0.1, 0.15) is 25.3 Å². The van der Waals surface area contributed by atoms with Crippen molar-refractivity contribution in [3.8, 4) is 11.5 Å². The van der Waals surface area contributed by atoms with Gasteiger partial charge in [0, 0.05) is 36.3 Å². The summed E-state index contributed by atoms with van der Waals surface area (Å²) >= 11 is 6.17. The molecule has 1 aliphatic rings. The lowest BCUT2D eigenvalue weighted by atomic mass is 9.94. The molecule has 2 atom stereocenters. The van der Waals surface area contributed by atoms with Gasteiger partial charge in [-0.25, -0.2) is 0 Å². The molecule has 0 spiro atoms. The maximum atomic E-state index is 11.3. The molecule has 0 aliphatic carbocycles. The molecule has 2 rings (SSSR count). The summed E-state index contributed by atoms with van der Waals surface area (Å²) in [5.74, 6) is -0.544. The third-order valence-corrected chi connectivity index (χ3v) is 4.36. The number of methoxy groups -OCH3 is 1. The summed E-state index contributed by atoms with van der Waals surface area (Å²) in [5.41, 5.74) is 0.855. The van der Waals surface area contributed by atoms with Gasteiger partial charge in [0.2, 0.25) is 0 Å². The minimum Gasteiger partial charge on any atom is -0.493 e. The Labute approximate surface area is 146 Å². The maximum absolute atomic E-state index is 11.3. The zero-order valence-corrected chi connectivity index (χ0v) is 14.8. The highest BCUT2D eigenvalue weighted by atomic mass is 35.5. The predicted molar refractivity (Wildman–Crippen MR) is 90.8 cm³/mol. The highest BCUT2D eigenvalue weighted by molar-refractivity contribution is 6.30. The first-order valence-electron chi connectivity index (χ1n) is 8.08. The van der Waals surface area contributed by atoms with Crippen LogP contribution in [0.15, 0.2) is 12.1 Å². The number of carboxylic acids is 1. The number of halogens is 1. The number of carbonyl (C=O) groups is 1. The van der Waals surface area contributed by atoms with Crippen molar-refractivity contribution in [3.05, 3.63) is 22.7 Å². The molecule has 134 valence electrons. The van der Waals surface area contributed by atoms with Crippen molar-refractivity contribution in [2.75, 3.05) is 26.8 Å². The van der Waals surface area contributed by atoms with Crippen LogP contribution in [0.3, 0.4) is 0 Å². The molecule has 24 heavy (non-hydrogen) atoms. The second-order valence-electron chi connectivity index (χ2n) is 5.98. The fourth-order valence-corrected chi connectivity index (χ4v) is 3.12. The van der Waals surface area contributed by atoms with Gasteiger partial charge in [-0.3, -0.25) is 9.69 Å². The lowest BCUT2D eigenvalue weighted by Crippen LogP contribution is -2.46. The molecule has 1 aromatic rings. The van der Waals surface area contributed by atoms with Gasteiger partial charge in [-0.2, -0.15) is 0 Å². The summed E-state index contributed by atoms with van der Waals surface area (Å²) in [5, 5.41) is 19.6. The predicted octanol–water partition coefficient (Wildman–Crippen LogP) is 2.40. The minimum absolute atomic E-state index is 0.290. The number of likely N-dealkylation sites (tertiary alicyclic amines) is 1. The third-order valence-electron chi connectivity index (χ3n) is 4.14. The molecule has 7 heteroatoms. The number of hydrogen-bond donors (Lipinski definition) is 2. The monoisotopic (exact) mass is 357 g/mol. The Morgan fingerprint density at radius 2 is 2.21 bits per heavy atom. The summed E-state index contributed by atoms with van der Waals surface area (Å²) in [7, 11) is 1.56. The smallest absolute Gasteiger partial charge is 0.310 e. The zero-order valence-electron chi connectivity index (χ0n) is 14.0. The summed E-state index contributed by atoms with van der Waals surface area (Å²) in [6, 6.07) is 3.52. The van der Waals surface area contributed by atoms with Gasteiger partial charge in [0.1, 0.15) is 0 Å². The van der Waals surface area contributed by atoms with Crippen molar-refractivity contribution in [1.29, 1.82) is 0 Å². The largest absolute Gasteiger partial charge is 0.493 e. The van der Waals surface area contributed by atoms with E-state index in [0.29, 0.717) is 49.2 Å². The Balaban J connectivity index is 2.21. The van der Waals surface area contributed by atoms with Gasteiger partial charge in [0.15, 0.2) is 11.5 Å². The molecular formula is C17H24ClNO5. The molecule has 0 saturated carbocycles. The highest BCUT2D eigenvalue weighted by Crippen LogP contribution is 2.36. The van der Waals surface area contributed by atoms with Gasteiger partial charge < -0.3 is 19.7 Å². The third kappa shape index (κ3) is 4.53. The van der Waals surface area contributed by atoms with Crippen LogP contribution in [-0.2, 0) is 11.3 Å². The van der Waals surface area contributed by atoms with Crippen LogP contribution in [-0.4, -0.2) is 54.0 Å². The average molecular weight is 358 g/mol. The lowest BCUT2D eigenvalue weighted by molar-refractivity contribution is -0.149. The molecule has 1 aliphatic heterocycles. The number of nitrogens with zero attached hydrogens (tertiary/aromatic N) is 1. The van der Waals surface area contributed by atoms with E-state index in [-0.39, 0.29) is 0 Å². The van der Waals surface area contributed by atoms with Crippen molar-refractivity contribution in [2.45, 2.75) is 32.4 Å². The van der Waals surface area contributed by atoms with E-state index in [9.17, 15) is 15.0 Å². The fraction of sp³-hybridized carbons (Fsp3) is 0.588. The molecule has 1 saturated heterocycles. The van der Waals surface area contributed by atoms with E-state index < -0.39 is 18.0 Å². The van der Waals surface area contributed by atoms with E-state index in [1.54, 1.807) is 13.2 Å². The first kappa shape index (κ1) is 18.8. The first-order valence-corrected chi connectivity index (χ1v) is 8.46. The number of hydrogen-bond acceptors (Lipinski definition) is 5. The summed E-state index contributed by atoms with van der Waals surface area (Å²) in [4.78, 5) is 13.3. The van der Waals surface area contributed by atoms with E-state index in [0.717, 1.165) is 12.0 Å². The van der Waals surface area contributed by atoms with E-state index in [1.165, 1.54) is 0 Å². The molecule has 0 radical (unpaired) electrons. The van der Waals surface area contributed by atoms with Gasteiger partial charge in [0.25, 0.3) is 0 Å².